The van der Waals surface area contributed by atoms with E-state index < -0.39 is 5.97 Å². The van der Waals surface area contributed by atoms with Crippen molar-refractivity contribution in [3.05, 3.63) is 41.1 Å². The Hall–Kier alpha value is -2.87. The maximum absolute atomic E-state index is 12.6. The van der Waals surface area contributed by atoms with Gasteiger partial charge in [0.25, 0.3) is 5.91 Å². The predicted octanol–water partition coefficient (Wildman–Crippen LogP) is 0.915. The summed E-state index contributed by atoms with van der Waals surface area (Å²) >= 11 is 0. The van der Waals surface area contributed by atoms with Crippen LogP contribution in [0.5, 0.6) is 0 Å². The first-order valence-corrected chi connectivity index (χ1v) is 8.66. The molecule has 0 fully saturated rings. The van der Waals surface area contributed by atoms with Gasteiger partial charge >= 0.3 is 5.97 Å². The van der Waals surface area contributed by atoms with Gasteiger partial charge in [0.05, 0.1) is 31.4 Å². The molecule has 1 aromatic carbocycles. The van der Waals surface area contributed by atoms with Gasteiger partial charge in [-0.05, 0) is 32.0 Å². The zero-order valence-electron chi connectivity index (χ0n) is 15.6. The molecular weight excluding hydrogens is 350 g/mol. The number of benzene rings is 1. The van der Waals surface area contributed by atoms with Crippen LogP contribution in [0.25, 0.3) is 0 Å². The first-order chi connectivity index (χ1) is 12.8. The summed E-state index contributed by atoms with van der Waals surface area (Å²) in [4.78, 5) is 30.6. The topological polar surface area (TPSA) is 100 Å². The first kappa shape index (κ1) is 18.9. The van der Waals surface area contributed by atoms with E-state index in [1.165, 1.54) is 12.0 Å². The summed E-state index contributed by atoms with van der Waals surface area (Å²) in [7, 11) is 1.27. The van der Waals surface area contributed by atoms with Crippen molar-refractivity contribution in [2.45, 2.75) is 19.4 Å². The van der Waals surface area contributed by atoms with E-state index in [0.717, 1.165) is 5.56 Å². The van der Waals surface area contributed by atoms with E-state index in [9.17, 15) is 9.59 Å². The SMILES string of the molecule is COC(=O)C1=C(Nc2cccc(C3=NC(C)(C)CO3)c2)C(=O)N(CCO)C1. The lowest BCUT2D eigenvalue weighted by atomic mass is 10.1. The van der Waals surface area contributed by atoms with Crippen LogP contribution in [0.3, 0.4) is 0 Å². The van der Waals surface area contributed by atoms with E-state index in [0.29, 0.717) is 18.2 Å². The van der Waals surface area contributed by atoms with Crippen LogP contribution in [0.1, 0.15) is 19.4 Å². The Kier molecular flexibility index (Phi) is 5.18. The number of ether oxygens (including phenoxy) is 2. The Balaban J connectivity index is 1.88. The zero-order valence-corrected chi connectivity index (χ0v) is 15.6. The number of esters is 1. The number of carbonyl (C=O) groups is 2. The van der Waals surface area contributed by atoms with Crippen LogP contribution in [0.2, 0.25) is 0 Å². The molecule has 0 spiro atoms. The predicted molar refractivity (Wildman–Crippen MR) is 99.3 cm³/mol. The van der Waals surface area contributed by atoms with Crippen molar-refractivity contribution in [3.8, 4) is 0 Å². The quantitative estimate of drug-likeness (QED) is 0.719. The number of β-amino-alcohol motifs (C(OH)–C–C–N with tert-alkyl or cyclic N) is 1. The summed E-state index contributed by atoms with van der Waals surface area (Å²) in [5.74, 6) is -0.386. The number of hydrogen-bond acceptors (Lipinski definition) is 7. The van der Waals surface area contributed by atoms with Crippen LogP contribution in [0.4, 0.5) is 5.69 Å². The number of nitrogens with one attached hydrogen (secondary N) is 1. The van der Waals surface area contributed by atoms with Gasteiger partial charge in [-0.25, -0.2) is 9.79 Å². The number of nitrogens with zero attached hydrogens (tertiary/aromatic N) is 2. The van der Waals surface area contributed by atoms with Crippen molar-refractivity contribution < 1.29 is 24.2 Å². The Labute approximate surface area is 157 Å². The van der Waals surface area contributed by atoms with Crippen molar-refractivity contribution >= 4 is 23.5 Å². The van der Waals surface area contributed by atoms with E-state index >= 15 is 0 Å². The molecule has 3 rings (SSSR count). The second-order valence-corrected chi connectivity index (χ2v) is 7.02. The second kappa shape index (κ2) is 7.40. The summed E-state index contributed by atoms with van der Waals surface area (Å²) in [6, 6.07) is 7.28. The molecule has 0 saturated heterocycles. The minimum atomic E-state index is -0.576. The molecule has 2 N–H and O–H groups in total. The number of aliphatic imine (C=N–C) groups is 1. The van der Waals surface area contributed by atoms with Gasteiger partial charge in [-0.3, -0.25) is 4.79 Å². The monoisotopic (exact) mass is 373 g/mol. The minimum absolute atomic E-state index is 0.0953. The molecule has 0 bridgehead atoms. The molecule has 0 aromatic heterocycles. The lowest BCUT2D eigenvalue weighted by molar-refractivity contribution is -0.136. The Morgan fingerprint density at radius 2 is 2.22 bits per heavy atom. The first-order valence-electron chi connectivity index (χ1n) is 8.66. The highest BCUT2D eigenvalue weighted by Crippen LogP contribution is 2.25. The maximum Gasteiger partial charge on any atom is 0.337 e. The van der Waals surface area contributed by atoms with Crippen LogP contribution in [-0.4, -0.2) is 66.7 Å². The van der Waals surface area contributed by atoms with Gasteiger partial charge in [-0.15, -0.1) is 0 Å². The van der Waals surface area contributed by atoms with Crippen molar-refractivity contribution in [1.82, 2.24) is 4.90 Å². The molecule has 0 radical (unpaired) electrons. The van der Waals surface area contributed by atoms with E-state index in [4.69, 9.17) is 14.6 Å². The third-order valence-electron chi connectivity index (χ3n) is 4.30. The number of hydrogen-bond donors (Lipinski definition) is 2. The molecule has 1 amide bonds. The molecular formula is C19H23N3O5. The van der Waals surface area contributed by atoms with Gasteiger partial charge in [0.1, 0.15) is 12.3 Å². The van der Waals surface area contributed by atoms with Crippen LogP contribution in [-0.2, 0) is 19.1 Å². The van der Waals surface area contributed by atoms with Crippen LogP contribution in [0.15, 0.2) is 40.5 Å². The molecule has 2 aliphatic rings. The largest absolute Gasteiger partial charge is 0.475 e. The van der Waals surface area contributed by atoms with Gasteiger partial charge in [0, 0.05) is 17.8 Å². The summed E-state index contributed by atoms with van der Waals surface area (Å²) in [6.45, 7) is 4.54. The fraction of sp³-hybridized carbons (Fsp3) is 0.421. The molecule has 0 saturated carbocycles. The molecule has 0 atom stereocenters. The Morgan fingerprint density at radius 1 is 1.44 bits per heavy atom. The fourth-order valence-corrected chi connectivity index (χ4v) is 2.96. The number of aliphatic hydroxyl groups is 1. The zero-order chi connectivity index (χ0) is 19.6. The van der Waals surface area contributed by atoms with Gasteiger partial charge in [0.15, 0.2) is 0 Å². The van der Waals surface area contributed by atoms with Crippen LogP contribution < -0.4 is 5.32 Å². The molecule has 27 heavy (non-hydrogen) atoms. The van der Waals surface area contributed by atoms with Crippen molar-refractivity contribution in [1.29, 1.82) is 0 Å². The van der Waals surface area contributed by atoms with E-state index in [1.54, 1.807) is 6.07 Å². The number of carbonyl (C=O) groups excluding carboxylic acids is 2. The van der Waals surface area contributed by atoms with Crippen molar-refractivity contribution in [2.75, 3.05) is 38.7 Å². The number of methoxy groups -OCH3 is 1. The number of amides is 1. The molecule has 0 aliphatic carbocycles. The summed E-state index contributed by atoms with van der Waals surface area (Å²) < 4.78 is 10.4. The lowest BCUT2D eigenvalue weighted by Crippen LogP contribution is -2.31. The minimum Gasteiger partial charge on any atom is -0.475 e. The summed E-state index contributed by atoms with van der Waals surface area (Å²) in [6.07, 6.45) is 0. The molecule has 8 nitrogen and oxygen atoms in total. The van der Waals surface area contributed by atoms with E-state index in [1.807, 2.05) is 32.0 Å². The Bertz CT molecular complexity index is 828. The molecule has 8 heteroatoms. The van der Waals surface area contributed by atoms with Gasteiger partial charge in [-0.1, -0.05) is 6.07 Å². The van der Waals surface area contributed by atoms with Crippen LogP contribution in [0, 0.1) is 0 Å². The molecule has 1 aromatic rings. The van der Waals surface area contributed by atoms with Crippen LogP contribution >= 0.6 is 0 Å². The molecule has 144 valence electrons. The number of rotatable bonds is 6. The fourth-order valence-electron chi connectivity index (χ4n) is 2.96. The molecule has 0 unspecified atom stereocenters. The lowest BCUT2D eigenvalue weighted by Gasteiger charge is -2.15. The summed E-state index contributed by atoms with van der Waals surface area (Å²) in [5.41, 5.74) is 1.52. The third-order valence-corrected chi connectivity index (χ3v) is 4.30. The van der Waals surface area contributed by atoms with Gasteiger partial charge in [-0.2, -0.15) is 0 Å². The van der Waals surface area contributed by atoms with E-state index in [-0.39, 0.29) is 42.4 Å². The second-order valence-electron chi connectivity index (χ2n) is 7.02. The third kappa shape index (κ3) is 3.95. The van der Waals surface area contributed by atoms with Crippen molar-refractivity contribution in [3.63, 3.8) is 0 Å². The highest BCUT2D eigenvalue weighted by Gasteiger charge is 2.34. The molecule has 2 aliphatic heterocycles. The average molecular weight is 373 g/mol. The average Bonchev–Trinajstić information content (AvgIpc) is 3.16. The summed E-state index contributed by atoms with van der Waals surface area (Å²) in [5, 5.41) is 12.2. The molecule has 2 heterocycles. The van der Waals surface area contributed by atoms with Crippen molar-refractivity contribution in [2.24, 2.45) is 4.99 Å². The Morgan fingerprint density at radius 3 is 2.85 bits per heavy atom. The van der Waals surface area contributed by atoms with Gasteiger partial charge in [0.2, 0.25) is 5.90 Å². The smallest absolute Gasteiger partial charge is 0.337 e. The standard InChI is InChI=1S/C19H23N3O5/c1-19(2)11-27-16(21-19)12-5-4-6-13(9-12)20-15-14(18(25)26-3)10-22(7-8-23)17(15)24/h4-6,9,20,23H,7-8,10-11H2,1-3H3. The van der Waals surface area contributed by atoms with Gasteiger partial charge < -0.3 is 24.8 Å². The highest BCUT2D eigenvalue weighted by atomic mass is 16.5. The number of anilines is 1. The highest BCUT2D eigenvalue weighted by molar-refractivity contribution is 6.08. The van der Waals surface area contributed by atoms with E-state index in [2.05, 4.69) is 10.3 Å². The normalized spacial score (nSPS) is 18.4. The number of aliphatic hydroxyl groups excluding tert-OH is 1. The maximum atomic E-state index is 12.6.